The van der Waals surface area contributed by atoms with Crippen LogP contribution in [-0.2, 0) is 6.54 Å². The van der Waals surface area contributed by atoms with Gasteiger partial charge >= 0.3 is 0 Å². The minimum Gasteiger partial charge on any atom is -0.493 e. The van der Waals surface area contributed by atoms with Crippen LogP contribution in [0.3, 0.4) is 0 Å². The van der Waals surface area contributed by atoms with E-state index in [1.54, 1.807) is 38.5 Å². The SMILES string of the molecule is COc1cc2ncnc(NCc3cc(-c4ccc(Cl)cc4Cl)no3)c2cc1OC. The summed E-state index contributed by atoms with van der Waals surface area (Å²) < 4.78 is 16.1. The summed E-state index contributed by atoms with van der Waals surface area (Å²) in [6, 6.07) is 10.7. The van der Waals surface area contributed by atoms with Gasteiger partial charge < -0.3 is 19.3 Å². The van der Waals surface area contributed by atoms with Gasteiger partial charge in [-0.2, -0.15) is 0 Å². The Morgan fingerprint density at radius 1 is 1.00 bits per heavy atom. The first-order valence-electron chi connectivity index (χ1n) is 8.60. The van der Waals surface area contributed by atoms with Gasteiger partial charge in [0.1, 0.15) is 17.8 Å². The zero-order valence-corrected chi connectivity index (χ0v) is 17.1. The Bertz CT molecular complexity index is 1180. The highest BCUT2D eigenvalue weighted by Gasteiger charge is 2.13. The van der Waals surface area contributed by atoms with Crippen LogP contribution in [0.15, 0.2) is 47.2 Å². The average molecular weight is 431 g/mol. The molecule has 0 fully saturated rings. The maximum atomic E-state index is 6.24. The second-order valence-electron chi connectivity index (χ2n) is 6.10. The molecule has 0 aliphatic heterocycles. The number of fused-ring (bicyclic) bond motifs is 1. The molecule has 0 saturated carbocycles. The fourth-order valence-electron chi connectivity index (χ4n) is 2.92. The van der Waals surface area contributed by atoms with Gasteiger partial charge in [0.25, 0.3) is 0 Å². The summed E-state index contributed by atoms with van der Waals surface area (Å²) in [4.78, 5) is 8.62. The van der Waals surface area contributed by atoms with Gasteiger partial charge in [0.05, 0.1) is 31.3 Å². The van der Waals surface area contributed by atoms with Crippen molar-refractivity contribution in [3.63, 3.8) is 0 Å². The predicted molar refractivity (Wildman–Crippen MR) is 112 cm³/mol. The summed E-state index contributed by atoms with van der Waals surface area (Å²) in [5, 5.41) is 9.20. The normalized spacial score (nSPS) is 10.9. The summed E-state index contributed by atoms with van der Waals surface area (Å²) in [5.74, 6) is 2.46. The number of ether oxygens (including phenoxy) is 2. The third kappa shape index (κ3) is 3.92. The van der Waals surface area contributed by atoms with Crippen LogP contribution in [0.5, 0.6) is 11.5 Å². The van der Waals surface area contributed by atoms with Crippen LogP contribution < -0.4 is 14.8 Å². The van der Waals surface area contributed by atoms with Crippen molar-refractivity contribution in [3.8, 4) is 22.8 Å². The molecule has 0 radical (unpaired) electrons. The molecule has 0 unspecified atom stereocenters. The molecule has 0 saturated heterocycles. The van der Waals surface area contributed by atoms with E-state index in [0.717, 1.165) is 16.5 Å². The first-order chi connectivity index (χ1) is 14.1. The molecule has 2 heterocycles. The molecule has 9 heteroatoms. The summed E-state index contributed by atoms with van der Waals surface area (Å²) in [5.41, 5.74) is 2.10. The standard InChI is InChI=1S/C20H16Cl2N4O3/c1-27-18-7-14-16(8-19(18)28-2)24-10-25-20(14)23-9-12-6-17(26-29-12)13-4-3-11(21)5-15(13)22/h3-8,10H,9H2,1-2H3,(H,23,24,25). The molecule has 0 bridgehead atoms. The van der Waals surface area contributed by atoms with Gasteiger partial charge in [-0.25, -0.2) is 9.97 Å². The molecule has 0 atom stereocenters. The lowest BCUT2D eigenvalue weighted by molar-refractivity contribution is 0.356. The van der Waals surface area contributed by atoms with Crippen LogP contribution >= 0.6 is 23.2 Å². The molecule has 2 aromatic carbocycles. The van der Waals surface area contributed by atoms with Gasteiger partial charge in [0.2, 0.25) is 0 Å². The first kappa shape index (κ1) is 19.3. The highest BCUT2D eigenvalue weighted by atomic mass is 35.5. The van der Waals surface area contributed by atoms with Crippen LogP contribution in [0.2, 0.25) is 10.0 Å². The largest absolute Gasteiger partial charge is 0.493 e. The van der Waals surface area contributed by atoms with E-state index < -0.39 is 0 Å². The lowest BCUT2D eigenvalue weighted by Gasteiger charge is -2.11. The van der Waals surface area contributed by atoms with Crippen LogP contribution in [0, 0.1) is 0 Å². The lowest BCUT2D eigenvalue weighted by Crippen LogP contribution is -2.02. The van der Waals surface area contributed by atoms with Gasteiger partial charge in [-0.15, -0.1) is 0 Å². The van der Waals surface area contributed by atoms with E-state index in [9.17, 15) is 0 Å². The Hall–Kier alpha value is -3.03. The van der Waals surface area contributed by atoms with E-state index in [0.29, 0.717) is 45.4 Å². The number of hydrogen-bond acceptors (Lipinski definition) is 7. The number of anilines is 1. The Morgan fingerprint density at radius 2 is 1.79 bits per heavy atom. The number of hydrogen-bond donors (Lipinski definition) is 1. The number of nitrogens with one attached hydrogen (secondary N) is 1. The molecule has 0 spiro atoms. The summed E-state index contributed by atoms with van der Waals surface area (Å²) >= 11 is 12.2. The molecule has 29 heavy (non-hydrogen) atoms. The Balaban J connectivity index is 1.58. The number of methoxy groups -OCH3 is 2. The van der Waals surface area contributed by atoms with E-state index in [2.05, 4.69) is 20.4 Å². The van der Waals surface area contributed by atoms with Crippen LogP contribution in [-0.4, -0.2) is 29.3 Å². The minimum absolute atomic E-state index is 0.374. The molecule has 0 amide bonds. The van der Waals surface area contributed by atoms with Gasteiger partial charge in [0.15, 0.2) is 17.3 Å². The molecular formula is C20H16Cl2N4O3. The molecule has 7 nitrogen and oxygen atoms in total. The molecular weight excluding hydrogens is 415 g/mol. The Kier molecular flexibility index (Phi) is 5.42. The van der Waals surface area contributed by atoms with E-state index in [-0.39, 0.29) is 0 Å². The van der Waals surface area contributed by atoms with Crippen molar-refractivity contribution in [2.45, 2.75) is 6.54 Å². The quantitative estimate of drug-likeness (QED) is 0.448. The minimum atomic E-state index is 0.374. The van der Waals surface area contributed by atoms with Crippen molar-refractivity contribution in [1.82, 2.24) is 15.1 Å². The number of nitrogens with zero attached hydrogens (tertiary/aromatic N) is 3. The molecule has 0 aliphatic carbocycles. The van der Waals surface area contributed by atoms with Crippen molar-refractivity contribution >= 4 is 39.9 Å². The number of halogens is 2. The number of benzene rings is 2. The topological polar surface area (TPSA) is 82.3 Å². The van der Waals surface area contributed by atoms with E-state index >= 15 is 0 Å². The smallest absolute Gasteiger partial charge is 0.162 e. The van der Waals surface area contributed by atoms with Crippen molar-refractivity contribution in [3.05, 3.63) is 58.5 Å². The third-order valence-corrected chi connectivity index (χ3v) is 4.88. The third-order valence-electron chi connectivity index (χ3n) is 4.34. The van der Waals surface area contributed by atoms with Gasteiger partial charge in [0, 0.05) is 28.1 Å². The predicted octanol–water partition coefficient (Wildman–Crippen LogP) is 5.22. The fourth-order valence-corrected chi connectivity index (χ4v) is 3.42. The van der Waals surface area contributed by atoms with E-state index in [4.69, 9.17) is 37.2 Å². The van der Waals surface area contributed by atoms with E-state index in [1.165, 1.54) is 6.33 Å². The second-order valence-corrected chi connectivity index (χ2v) is 6.95. The Labute approximate surface area is 176 Å². The molecule has 4 rings (SSSR count). The number of aromatic nitrogens is 3. The monoisotopic (exact) mass is 430 g/mol. The number of rotatable bonds is 6. The maximum Gasteiger partial charge on any atom is 0.162 e. The second kappa shape index (κ2) is 8.14. The van der Waals surface area contributed by atoms with Crippen LogP contribution in [0.4, 0.5) is 5.82 Å². The lowest BCUT2D eigenvalue weighted by atomic mass is 10.1. The maximum absolute atomic E-state index is 6.24. The molecule has 148 valence electrons. The van der Waals surface area contributed by atoms with Crippen molar-refractivity contribution in [2.75, 3.05) is 19.5 Å². The molecule has 1 N–H and O–H groups in total. The highest BCUT2D eigenvalue weighted by Crippen LogP contribution is 2.34. The van der Waals surface area contributed by atoms with Gasteiger partial charge in [-0.05, 0) is 24.3 Å². The summed E-state index contributed by atoms with van der Waals surface area (Å²) in [7, 11) is 3.16. The zero-order chi connectivity index (χ0) is 20.4. The molecule has 0 aliphatic rings. The molecule has 4 aromatic rings. The fraction of sp³-hybridized carbons (Fsp3) is 0.150. The first-order valence-corrected chi connectivity index (χ1v) is 9.36. The molecule has 2 aromatic heterocycles. The van der Waals surface area contributed by atoms with Gasteiger partial charge in [-0.1, -0.05) is 28.4 Å². The van der Waals surface area contributed by atoms with Gasteiger partial charge in [-0.3, -0.25) is 0 Å². The van der Waals surface area contributed by atoms with Crippen molar-refractivity contribution in [1.29, 1.82) is 0 Å². The Morgan fingerprint density at radius 3 is 2.55 bits per heavy atom. The van der Waals surface area contributed by atoms with E-state index in [1.807, 2.05) is 12.1 Å². The van der Waals surface area contributed by atoms with Crippen molar-refractivity contribution < 1.29 is 14.0 Å². The summed E-state index contributed by atoms with van der Waals surface area (Å²) in [6.07, 6.45) is 1.48. The zero-order valence-electron chi connectivity index (χ0n) is 15.6. The van der Waals surface area contributed by atoms with Crippen LogP contribution in [0.1, 0.15) is 5.76 Å². The van der Waals surface area contributed by atoms with Crippen LogP contribution in [0.25, 0.3) is 22.2 Å². The average Bonchev–Trinajstić information content (AvgIpc) is 3.19. The summed E-state index contributed by atoms with van der Waals surface area (Å²) in [6.45, 7) is 0.374. The highest BCUT2D eigenvalue weighted by molar-refractivity contribution is 6.36. The van der Waals surface area contributed by atoms with Crippen molar-refractivity contribution in [2.24, 2.45) is 0 Å².